The van der Waals surface area contributed by atoms with Gasteiger partial charge in [0.25, 0.3) is 0 Å². The normalized spacial score (nSPS) is 11.5. The van der Waals surface area contributed by atoms with E-state index in [0.717, 1.165) is 44.2 Å². The van der Waals surface area contributed by atoms with Crippen molar-refractivity contribution >= 4 is 43.4 Å². The molecule has 10 rings (SSSR count). The van der Waals surface area contributed by atoms with Gasteiger partial charge in [0.15, 0.2) is 17.5 Å². The first-order valence-corrected chi connectivity index (χ1v) is 17.2. The highest BCUT2D eigenvalue weighted by Gasteiger charge is 2.20. The molecule has 51 heavy (non-hydrogen) atoms. The molecule has 0 aliphatic heterocycles. The summed E-state index contributed by atoms with van der Waals surface area (Å²) in [5, 5.41) is 7.15. The van der Waals surface area contributed by atoms with E-state index in [1.807, 2.05) is 60.7 Å². The van der Waals surface area contributed by atoms with Gasteiger partial charge in [-0.1, -0.05) is 152 Å². The Hall–Kier alpha value is -6.91. The molecule has 0 N–H and O–H groups in total. The number of benzene rings is 8. The maximum atomic E-state index is 5.08. The largest absolute Gasteiger partial charge is 0.309 e. The van der Waals surface area contributed by atoms with Gasteiger partial charge in [0.1, 0.15) is 0 Å². The number of para-hydroxylation sites is 1. The molecule has 0 saturated heterocycles. The Labute approximate surface area is 295 Å². The summed E-state index contributed by atoms with van der Waals surface area (Å²) >= 11 is 0. The number of fused-ring (bicyclic) bond motifs is 5. The molecule has 0 amide bonds. The fraction of sp³-hybridized carbons (Fsp3) is 0. The lowest BCUT2D eigenvalue weighted by Crippen LogP contribution is -2.01. The first-order valence-electron chi connectivity index (χ1n) is 17.2. The van der Waals surface area contributed by atoms with Gasteiger partial charge >= 0.3 is 0 Å². The van der Waals surface area contributed by atoms with Crippen LogP contribution in [0.1, 0.15) is 0 Å². The van der Waals surface area contributed by atoms with E-state index >= 15 is 0 Å². The summed E-state index contributed by atoms with van der Waals surface area (Å²) < 4.78 is 2.42. The monoisotopic (exact) mass is 650 g/mol. The van der Waals surface area contributed by atoms with Crippen LogP contribution in [0.4, 0.5) is 0 Å². The fourth-order valence-electron chi connectivity index (χ4n) is 7.48. The summed E-state index contributed by atoms with van der Waals surface area (Å²) in [4.78, 5) is 15.1. The molecule has 0 aliphatic rings. The van der Waals surface area contributed by atoms with E-state index < -0.39 is 0 Å². The van der Waals surface area contributed by atoms with Crippen molar-refractivity contribution in [3.63, 3.8) is 0 Å². The van der Waals surface area contributed by atoms with Gasteiger partial charge in [-0.2, -0.15) is 0 Å². The third-order valence-electron chi connectivity index (χ3n) is 9.84. The average Bonchev–Trinajstić information content (AvgIpc) is 3.55. The average molecular weight is 651 g/mol. The number of rotatable bonds is 5. The minimum absolute atomic E-state index is 0.645. The van der Waals surface area contributed by atoms with E-state index in [4.69, 9.17) is 15.0 Å². The number of hydrogen-bond acceptors (Lipinski definition) is 3. The van der Waals surface area contributed by atoms with Crippen LogP contribution in [0.5, 0.6) is 0 Å². The highest BCUT2D eigenvalue weighted by molar-refractivity contribution is 6.17. The summed E-state index contributed by atoms with van der Waals surface area (Å²) in [6.07, 6.45) is 0. The smallest absolute Gasteiger partial charge is 0.164 e. The van der Waals surface area contributed by atoms with E-state index in [2.05, 4.69) is 126 Å². The molecule has 4 nitrogen and oxygen atoms in total. The van der Waals surface area contributed by atoms with Gasteiger partial charge in [-0.05, 0) is 57.6 Å². The quantitative estimate of drug-likeness (QED) is 0.186. The molecule has 238 valence electrons. The summed E-state index contributed by atoms with van der Waals surface area (Å²) in [6.45, 7) is 0. The highest BCUT2D eigenvalue weighted by Crippen LogP contribution is 2.41. The standard InChI is InChI=1S/C47H30N4/c1-3-15-32(16-4-1)45-48-46(33-17-5-2-6-18-33)50-47(49-45)39-28-29-42(38-21-10-9-20-37(38)39)51-41-24-12-11-22-40(41)44-36(23-13-25-43(44)51)35-27-26-31-14-7-8-19-34(31)30-35/h1-30H. The van der Waals surface area contributed by atoms with Crippen molar-refractivity contribution in [3.8, 4) is 51.0 Å². The fourth-order valence-corrected chi connectivity index (χ4v) is 7.48. The molecule has 10 aromatic rings. The Morgan fingerprint density at radius 3 is 1.67 bits per heavy atom. The maximum absolute atomic E-state index is 5.08. The van der Waals surface area contributed by atoms with Gasteiger partial charge in [-0.3, -0.25) is 0 Å². The van der Waals surface area contributed by atoms with Gasteiger partial charge < -0.3 is 4.57 Å². The minimum atomic E-state index is 0.645. The minimum Gasteiger partial charge on any atom is -0.309 e. The molecule has 0 fully saturated rings. The van der Waals surface area contributed by atoms with Gasteiger partial charge in [0, 0.05) is 32.8 Å². The summed E-state index contributed by atoms with van der Waals surface area (Å²) in [6, 6.07) is 64.0. The molecule has 4 heteroatoms. The van der Waals surface area contributed by atoms with E-state index in [9.17, 15) is 0 Å². The molecule has 0 atom stereocenters. The van der Waals surface area contributed by atoms with Crippen LogP contribution in [0.3, 0.4) is 0 Å². The van der Waals surface area contributed by atoms with Gasteiger partial charge in [-0.25, -0.2) is 15.0 Å². The van der Waals surface area contributed by atoms with Crippen molar-refractivity contribution in [1.82, 2.24) is 19.5 Å². The van der Waals surface area contributed by atoms with Crippen LogP contribution in [-0.4, -0.2) is 19.5 Å². The predicted molar refractivity (Wildman–Crippen MR) is 211 cm³/mol. The molecule has 0 saturated carbocycles. The summed E-state index contributed by atoms with van der Waals surface area (Å²) in [7, 11) is 0. The van der Waals surface area contributed by atoms with Crippen molar-refractivity contribution < 1.29 is 0 Å². The lowest BCUT2D eigenvalue weighted by Gasteiger charge is -2.15. The van der Waals surface area contributed by atoms with Crippen molar-refractivity contribution in [3.05, 3.63) is 182 Å². The molecule has 0 radical (unpaired) electrons. The van der Waals surface area contributed by atoms with Gasteiger partial charge in [0.05, 0.1) is 16.7 Å². The molecule has 2 aromatic heterocycles. The van der Waals surface area contributed by atoms with Crippen LogP contribution in [0, 0.1) is 0 Å². The topological polar surface area (TPSA) is 43.6 Å². The Bertz CT molecular complexity index is 2850. The van der Waals surface area contributed by atoms with E-state index in [1.165, 1.54) is 32.7 Å². The van der Waals surface area contributed by atoms with E-state index in [1.54, 1.807) is 0 Å². The van der Waals surface area contributed by atoms with E-state index in [0.29, 0.717) is 17.5 Å². The van der Waals surface area contributed by atoms with Crippen molar-refractivity contribution in [1.29, 1.82) is 0 Å². The SMILES string of the molecule is c1ccc(-c2nc(-c3ccccc3)nc(-c3ccc(-n4c5ccccc5c5c(-c6ccc7ccccc7c6)cccc54)c4ccccc34)n2)cc1. The molecule has 0 spiro atoms. The third-order valence-corrected chi connectivity index (χ3v) is 9.84. The number of nitrogens with zero attached hydrogens (tertiary/aromatic N) is 4. The van der Waals surface area contributed by atoms with Crippen LogP contribution >= 0.6 is 0 Å². The van der Waals surface area contributed by atoms with Crippen LogP contribution in [0.25, 0.3) is 94.3 Å². The Kier molecular flexibility index (Phi) is 6.78. The second kappa shape index (κ2) is 11.9. The second-order valence-electron chi connectivity index (χ2n) is 12.8. The summed E-state index contributed by atoms with van der Waals surface area (Å²) in [5.74, 6) is 1.94. The lowest BCUT2D eigenvalue weighted by molar-refractivity contribution is 1.08. The van der Waals surface area contributed by atoms with Crippen molar-refractivity contribution in [2.45, 2.75) is 0 Å². The summed E-state index contributed by atoms with van der Waals surface area (Å²) in [5.41, 5.74) is 8.73. The molecular weight excluding hydrogens is 621 g/mol. The Balaban J connectivity index is 1.21. The first kappa shape index (κ1) is 29.0. The molecule has 0 bridgehead atoms. The van der Waals surface area contributed by atoms with Crippen LogP contribution < -0.4 is 0 Å². The maximum Gasteiger partial charge on any atom is 0.164 e. The first-order chi connectivity index (χ1) is 25.3. The second-order valence-corrected chi connectivity index (χ2v) is 12.8. The lowest BCUT2D eigenvalue weighted by atomic mass is 9.97. The zero-order valence-corrected chi connectivity index (χ0v) is 27.6. The number of hydrogen-bond donors (Lipinski definition) is 0. The Morgan fingerprint density at radius 1 is 0.333 bits per heavy atom. The Morgan fingerprint density at radius 2 is 0.922 bits per heavy atom. The molecular formula is C47H30N4. The highest BCUT2D eigenvalue weighted by atomic mass is 15.0. The van der Waals surface area contributed by atoms with Crippen LogP contribution in [-0.2, 0) is 0 Å². The van der Waals surface area contributed by atoms with Crippen LogP contribution in [0.2, 0.25) is 0 Å². The molecule has 0 unspecified atom stereocenters. The predicted octanol–water partition coefficient (Wildman–Crippen LogP) is 11.9. The van der Waals surface area contributed by atoms with E-state index in [-0.39, 0.29) is 0 Å². The van der Waals surface area contributed by atoms with Gasteiger partial charge in [0.2, 0.25) is 0 Å². The van der Waals surface area contributed by atoms with Crippen LogP contribution in [0.15, 0.2) is 182 Å². The zero-order chi connectivity index (χ0) is 33.7. The van der Waals surface area contributed by atoms with Gasteiger partial charge in [-0.15, -0.1) is 0 Å². The molecule has 8 aromatic carbocycles. The zero-order valence-electron chi connectivity index (χ0n) is 27.6. The third kappa shape index (κ3) is 4.88. The molecule has 2 heterocycles. The van der Waals surface area contributed by atoms with Crippen molar-refractivity contribution in [2.75, 3.05) is 0 Å². The number of aromatic nitrogens is 4. The van der Waals surface area contributed by atoms with Crippen molar-refractivity contribution in [2.24, 2.45) is 0 Å². The molecule has 0 aliphatic carbocycles.